The molecule has 0 unspecified atom stereocenters. The number of hydrogen-bond donors (Lipinski definition) is 0. The number of nitrogens with zero attached hydrogens (tertiary/aromatic N) is 2. The number of carbonyl (C=O) groups excluding carboxylic acids is 1. The Balaban J connectivity index is 1.78. The molecule has 0 atom stereocenters. The summed E-state index contributed by atoms with van der Waals surface area (Å²) in [5.41, 5.74) is 4.71. The topological polar surface area (TPSA) is 95.3 Å². The van der Waals surface area contributed by atoms with Crippen molar-refractivity contribution in [3.63, 3.8) is 0 Å². The highest BCUT2D eigenvalue weighted by atomic mass is 16.6. The Morgan fingerprint density at radius 2 is 1.62 bits per heavy atom. The van der Waals surface area contributed by atoms with Gasteiger partial charge in [-0.15, -0.1) is 0 Å². The summed E-state index contributed by atoms with van der Waals surface area (Å²) in [6.45, 7) is 5.42. The lowest BCUT2D eigenvalue weighted by atomic mass is 10.1. The van der Waals surface area contributed by atoms with Crippen LogP contribution >= 0.6 is 0 Å². The van der Waals surface area contributed by atoms with Crippen LogP contribution in [-0.2, 0) is 0 Å². The van der Waals surface area contributed by atoms with Gasteiger partial charge < -0.3 is 8.98 Å². The van der Waals surface area contributed by atoms with Crippen molar-refractivity contribution in [1.29, 1.82) is 0 Å². The first kappa shape index (κ1) is 21.3. The fourth-order valence-electron chi connectivity index (χ4n) is 4.42. The van der Waals surface area contributed by atoms with E-state index >= 15 is 0 Å². The van der Waals surface area contributed by atoms with E-state index in [4.69, 9.17) is 4.42 Å². The van der Waals surface area contributed by atoms with E-state index in [2.05, 4.69) is 0 Å². The molecule has 0 aliphatic carbocycles. The molecule has 0 radical (unpaired) electrons. The Kier molecular flexibility index (Phi) is 4.90. The quantitative estimate of drug-likeness (QED) is 0.186. The van der Waals surface area contributed by atoms with Crippen molar-refractivity contribution in [3.8, 4) is 17.0 Å². The van der Waals surface area contributed by atoms with Gasteiger partial charge in [0.2, 0.25) is 0 Å². The van der Waals surface area contributed by atoms with Crippen molar-refractivity contribution in [3.05, 3.63) is 104 Å². The SMILES string of the molecule is CC(=O)c1c(C)n(-c2ccc(C)cc2)c2cc3c(=O)cc(-c4ccc([N+](=O)[O-])cc4)oc3cc12. The number of rotatable bonds is 4. The van der Waals surface area contributed by atoms with Crippen LogP contribution in [0, 0.1) is 24.0 Å². The maximum atomic E-state index is 13.1. The number of aromatic nitrogens is 1. The molecule has 0 fully saturated rings. The summed E-state index contributed by atoms with van der Waals surface area (Å²) in [5, 5.41) is 12.0. The lowest BCUT2D eigenvalue weighted by Gasteiger charge is -2.10. The third-order valence-corrected chi connectivity index (χ3v) is 6.06. The zero-order valence-electron chi connectivity index (χ0n) is 18.8. The molecule has 0 amide bonds. The van der Waals surface area contributed by atoms with Gasteiger partial charge in [0, 0.05) is 46.1 Å². The van der Waals surface area contributed by atoms with E-state index in [0.717, 1.165) is 22.5 Å². The van der Waals surface area contributed by atoms with Gasteiger partial charge in [0.1, 0.15) is 11.3 Å². The summed E-state index contributed by atoms with van der Waals surface area (Å²) >= 11 is 0. The summed E-state index contributed by atoms with van der Waals surface area (Å²) in [4.78, 5) is 36.1. The first-order valence-electron chi connectivity index (χ1n) is 10.7. The fourth-order valence-corrected chi connectivity index (χ4v) is 4.42. The Labute approximate surface area is 194 Å². The van der Waals surface area contributed by atoms with Crippen LogP contribution in [0.2, 0.25) is 0 Å². The first-order chi connectivity index (χ1) is 16.2. The van der Waals surface area contributed by atoms with Gasteiger partial charge >= 0.3 is 0 Å². The molecule has 0 aliphatic rings. The average Bonchev–Trinajstić information content (AvgIpc) is 3.09. The monoisotopic (exact) mass is 452 g/mol. The Hall–Kier alpha value is -4.52. The van der Waals surface area contributed by atoms with Crippen LogP contribution in [0.25, 0.3) is 38.9 Å². The van der Waals surface area contributed by atoms with E-state index in [1.807, 2.05) is 42.7 Å². The van der Waals surface area contributed by atoms with Crippen LogP contribution in [0.4, 0.5) is 5.69 Å². The van der Waals surface area contributed by atoms with E-state index in [1.165, 1.54) is 25.1 Å². The number of fused-ring (bicyclic) bond motifs is 2. The molecule has 5 aromatic rings. The second-order valence-corrected chi connectivity index (χ2v) is 8.33. The molecule has 7 heteroatoms. The predicted octanol–water partition coefficient (Wildman–Crippen LogP) is 6.13. The smallest absolute Gasteiger partial charge is 0.269 e. The van der Waals surface area contributed by atoms with Crippen LogP contribution in [0.1, 0.15) is 28.5 Å². The molecule has 2 aromatic heterocycles. The van der Waals surface area contributed by atoms with Crippen molar-refractivity contribution in [2.24, 2.45) is 0 Å². The lowest BCUT2D eigenvalue weighted by molar-refractivity contribution is -0.384. The van der Waals surface area contributed by atoms with Crippen molar-refractivity contribution < 1.29 is 14.1 Å². The molecule has 0 bridgehead atoms. The third kappa shape index (κ3) is 3.38. The van der Waals surface area contributed by atoms with Gasteiger partial charge in [0.25, 0.3) is 5.69 Å². The molecule has 2 heterocycles. The fraction of sp³-hybridized carbons (Fsp3) is 0.111. The van der Waals surface area contributed by atoms with Crippen molar-refractivity contribution in [1.82, 2.24) is 4.57 Å². The highest BCUT2D eigenvalue weighted by Crippen LogP contribution is 2.34. The number of carbonyl (C=O) groups is 1. The lowest BCUT2D eigenvalue weighted by Crippen LogP contribution is -2.02. The molecule has 0 aliphatic heterocycles. The Bertz CT molecular complexity index is 1670. The second kappa shape index (κ2) is 7.81. The van der Waals surface area contributed by atoms with Gasteiger partial charge in [-0.2, -0.15) is 0 Å². The van der Waals surface area contributed by atoms with E-state index in [0.29, 0.717) is 33.2 Å². The Morgan fingerprint density at radius 1 is 0.941 bits per heavy atom. The van der Waals surface area contributed by atoms with E-state index < -0.39 is 4.92 Å². The number of non-ortho nitro benzene ring substituents is 1. The van der Waals surface area contributed by atoms with Gasteiger partial charge in [-0.25, -0.2) is 0 Å². The number of ketones is 1. The summed E-state index contributed by atoms with van der Waals surface area (Å²) in [5.74, 6) is 0.215. The molecule has 168 valence electrons. The summed E-state index contributed by atoms with van der Waals surface area (Å²) in [6.07, 6.45) is 0. The molecule has 0 spiro atoms. The highest BCUT2D eigenvalue weighted by molar-refractivity contribution is 6.11. The van der Waals surface area contributed by atoms with Crippen LogP contribution < -0.4 is 5.43 Å². The second-order valence-electron chi connectivity index (χ2n) is 8.33. The van der Waals surface area contributed by atoms with E-state index in [-0.39, 0.29) is 16.9 Å². The molecule has 0 saturated carbocycles. The first-order valence-corrected chi connectivity index (χ1v) is 10.7. The normalized spacial score (nSPS) is 11.3. The molecule has 7 nitrogen and oxygen atoms in total. The van der Waals surface area contributed by atoms with Gasteiger partial charge in [-0.05, 0) is 57.2 Å². The van der Waals surface area contributed by atoms with Gasteiger partial charge in [0.15, 0.2) is 11.2 Å². The minimum atomic E-state index is -0.485. The Morgan fingerprint density at radius 3 is 2.24 bits per heavy atom. The van der Waals surface area contributed by atoms with Crippen molar-refractivity contribution in [2.75, 3.05) is 0 Å². The van der Waals surface area contributed by atoms with Crippen LogP contribution in [0.3, 0.4) is 0 Å². The minimum Gasteiger partial charge on any atom is -0.456 e. The van der Waals surface area contributed by atoms with E-state index in [1.54, 1.807) is 24.3 Å². The van der Waals surface area contributed by atoms with Crippen LogP contribution in [0.15, 0.2) is 75.9 Å². The van der Waals surface area contributed by atoms with Crippen molar-refractivity contribution >= 4 is 33.3 Å². The third-order valence-electron chi connectivity index (χ3n) is 6.06. The highest BCUT2D eigenvalue weighted by Gasteiger charge is 2.21. The van der Waals surface area contributed by atoms with Gasteiger partial charge in [0.05, 0.1) is 15.8 Å². The van der Waals surface area contributed by atoms with Crippen LogP contribution in [-0.4, -0.2) is 15.3 Å². The number of nitro benzene ring substituents is 1. The largest absolute Gasteiger partial charge is 0.456 e. The predicted molar refractivity (Wildman–Crippen MR) is 131 cm³/mol. The molecule has 0 N–H and O–H groups in total. The number of Topliss-reactive ketones (excluding diaryl/α,β-unsaturated/α-hetero) is 1. The molecule has 5 rings (SSSR count). The van der Waals surface area contributed by atoms with Gasteiger partial charge in [-0.3, -0.25) is 19.7 Å². The standard InChI is InChI=1S/C27H20N2O5/c1-15-4-8-19(9-5-15)28-16(2)27(17(3)30)21-13-26-22(12-23(21)28)24(31)14-25(34-26)18-6-10-20(11-7-18)29(32)33/h4-14H,1-3H3. The van der Waals surface area contributed by atoms with Crippen molar-refractivity contribution in [2.45, 2.75) is 20.8 Å². The molecule has 3 aromatic carbocycles. The molecular weight excluding hydrogens is 432 g/mol. The number of hydrogen-bond acceptors (Lipinski definition) is 5. The maximum absolute atomic E-state index is 13.1. The maximum Gasteiger partial charge on any atom is 0.269 e. The molecule has 34 heavy (non-hydrogen) atoms. The zero-order chi connectivity index (χ0) is 24.1. The van der Waals surface area contributed by atoms with E-state index in [9.17, 15) is 19.7 Å². The number of benzene rings is 3. The number of aryl methyl sites for hydroxylation is 1. The minimum absolute atomic E-state index is 0.0485. The van der Waals surface area contributed by atoms with Gasteiger partial charge in [-0.1, -0.05) is 17.7 Å². The summed E-state index contributed by atoms with van der Waals surface area (Å²) in [7, 11) is 0. The summed E-state index contributed by atoms with van der Waals surface area (Å²) < 4.78 is 8.03. The average molecular weight is 452 g/mol. The zero-order valence-corrected chi connectivity index (χ0v) is 18.8. The summed E-state index contributed by atoms with van der Waals surface area (Å²) in [6, 6.07) is 18.6. The molecule has 0 saturated heterocycles. The molecular formula is C27H20N2O5. The van der Waals surface area contributed by atoms with Crippen LogP contribution in [0.5, 0.6) is 0 Å². The number of nitro groups is 1.